The van der Waals surface area contributed by atoms with Crippen LogP contribution < -0.4 is 5.32 Å². The monoisotopic (exact) mass is 1230 g/mol. The second-order valence-corrected chi connectivity index (χ2v) is 25.7. The number of allylic oxidation sites excluding steroid dienone is 9. The van der Waals surface area contributed by atoms with E-state index in [1.165, 1.54) is 212 Å². The van der Waals surface area contributed by atoms with Gasteiger partial charge in [0.2, 0.25) is 5.91 Å². The van der Waals surface area contributed by atoms with E-state index in [0.717, 1.165) is 89.9 Å². The first-order valence-electron chi connectivity index (χ1n) is 37.1. The second-order valence-electron chi connectivity index (χ2n) is 25.7. The van der Waals surface area contributed by atoms with Crippen molar-refractivity contribution in [2.45, 2.75) is 397 Å². The van der Waals surface area contributed by atoms with Gasteiger partial charge in [-0.25, -0.2) is 0 Å². The van der Waals surface area contributed by atoms with Gasteiger partial charge in [0.15, 0.2) is 12.4 Å². The molecular weight excluding hydrogens is 1090 g/mol. The molecule has 0 aromatic carbocycles. The summed E-state index contributed by atoms with van der Waals surface area (Å²) in [5.41, 5.74) is 0. The van der Waals surface area contributed by atoms with Gasteiger partial charge in [0, 0.05) is 6.42 Å². The molecule has 0 spiro atoms. The number of amides is 1. The number of carbonyl (C=O) groups is 2. The molecule has 0 aromatic heterocycles. The Morgan fingerprint density at radius 1 is 0.448 bits per heavy atom. The van der Waals surface area contributed by atoms with Crippen molar-refractivity contribution in [2.24, 2.45) is 0 Å². The molecule has 0 radical (unpaired) electrons. The third kappa shape index (κ3) is 50.7. The highest BCUT2D eigenvalue weighted by Gasteiger charge is 2.47. The first-order valence-corrected chi connectivity index (χ1v) is 37.1. The van der Waals surface area contributed by atoms with E-state index in [1.807, 2.05) is 6.08 Å². The Morgan fingerprint density at radius 2 is 0.793 bits per heavy atom. The summed E-state index contributed by atoms with van der Waals surface area (Å²) in [5.74, 6) is -1.20. The van der Waals surface area contributed by atoms with Crippen LogP contribution in [-0.4, -0.2) is 99.6 Å². The third-order valence-electron chi connectivity index (χ3n) is 17.4. The molecule has 1 fully saturated rings. The van der Waals surface area contributed by atoms with E-state index in [1.54, 1.807) is 6.08 Å². The molecule has 11 heteroatoms. The topological polar surface area (TPSA) is 175 Å². The van der Waals surface area contributed by atoms with Crippen molar-refractivity contribution in [1.29, 1.82) is 0 Å². The summed E-state index contributed by atoms with van der Waals surface area (Å²) in [7, 11) is 0. The Hall–Kier alpha value is -2.64. The minimum atomic E-state index is -1.62. The van der Waals surface area contributed by atoms with Crippen molar-refractivity contribution >= 4 is 11.9 Å². The van der Waals surface area contributed by atoms with Crippen molar-refractivity contribution < 1.29 is 49.3 Å². The zero-order chi connectivity index (χ0) is 63.1. The van der Waals surface area contributed by atoms with Gasteiger partial charge < -0.3 is 45.1 Å². The Balaban J connectivity index is 2.58. The van der Waals surface area contributed by atoms with E-state index in [2.05, 4.69) is 74.7 Å². The molecule has 1 aliphatic rings. The molecule has 0 aliphatic carbocycles. The van der Waals surface area contributed by atoms with Crippen LogP contribution in [0.15, 0.2) is 60.8 Å². The molecule has 1 aliphatic heterocycles. The van der Waals surface area contributed by atoms with Crippen molar-refractivity contribution in [3.05, 3.63) is 60.8 Å². The second kappa shape index (κ2) is 63.5. The molecule has 508 valence electrons. The predicted octanol–water partition coefficient (Wildman–Crippen LogP) is 19.3. The summed E-state index contributed by atoms with van der Waals surface area (Å²) >= 11 is 0. The molecule has 11 nitrogen and oxygen atoms in total. The Kier molecular flexibility index (Phi) is 60.1. The van der Waals surface area contributed by atoms with Crippen LogP contribution >= 0.6 is 0 Å². The minimum Gasteiger partial charge on any atom is -0.454 e. The number of nitrogens with one attached hydrogen (secondary N) is 1. The number of hydrogen-bond acceptors (Lipinski definition) is 10. The molecule has 87 heavy (non-hydrogen) atoms. The number of rotatable bonds is 64. The van der Waals surface area contributed by atoms with E-state index in [4.69, 9.17) is 14.2 Å². The molecule has 1 heterocycles. The molecule has 0 saturated carbocycles. The number of carbonyl (C=O) groups excluding carboxylic acids is 2. The van der Waals surface area contributed by atoms with Crippen LogP contribution in [0.2, 0.25) is 0 Å². The van der Waals surface area contributed by atoms with Gasteiger partial charge in [-0.05, 0) is 70.6 Å². The van der Waals surface area contributed by atoms with Crippen LogP contribution in [0.25, 0.3) is 0 Å². The quantitative estimate of drug-likeness (QED) is 0.0195. The highest BCUT2D eigenvalue weighted by atomic mass is 16.7. The van der Waals surface area contributed by atoms with Gasteiger partial charge in [0.1, 0.15) is 24.4 Å². The molecule has 1 amide bonds. The number of aliphatic hydroxyl groups is 5. The van der Waals surface area contributed by atoms with Gasteiger partial charge in [-0.2, -0.15) is 0 Å². The van der Waals surface area contributed by atoms with Gasteiger partial charge in [0.25, 0.3) is 0 Å². The highest BCUT2D eigenvalue weighted by Crippen LogP contribution is 2.26. The molecule has 6 N–H and O–H groups in total. The van der Waals surface area contributed by atoms with Gasteiger partial charge in [-0.15, -0.1) is 0 Å². The summed E-state index contributed by atoms with van der Waals surface area (Å²) in [6.45, 7) is 5.81. The Bertz CT molecular complexity index is 1650. The first-order chi connectivity index (χ1) is 42.7. The number of aliphatic hydroxyl groups excluding tert-OH is 5. The highest BCUT2D eigenvalue weighted by molar-refractivity contribution is 5.80. The van der Waals surface area contributed by atoms with E-state index in [-0.39, 0.29) is 13.0 Å². The fourth-order valence-corrected chi connectivity index (χ4v) is 11.6. The average Bonchev–Trinajstić information content (AvgIpc) is 2.32. The summed E-state index contributed by atoms with van der Waals surface area (Å²) < 4.78 is 17.7. The predicted molar refractivity (Wildman–Crippen MR) is 366 cm³/mol. The number of esters is 1. The van der Waals surface area contributed by atoms with Crippen molar-refractivity contribution in [2.75, 3.05) is 13.2 Å². The Morgan fingerprint density at radius 3 is 1.21 bits per heavy atom. The lowest BCUT2D eigenvalue weighted by atomic mass is 9.99. The maximum absolute atomic E-state index is 13.5. The fraction of sp³-hybridized carbons (Fsp3) is 0.842. The Labute approximate surface area is 535 Å². The standard InChI is InChI=1S/C76H139NO10/c1-4-7-10-13-16-19-22-25-27-29-31-33-34-35-37-38-40-42-45-48-51-54-57-60-63-69(80)75(84)77-67(68(79)62-59-56-53-50-47-44-24-21-18-15-12-9-6-3)66-85-76-74(73(83)72(82)70(65-78)86-76)87-71(81)64-61-58-55-52-49-46-43-41-39-36-32-30-28-26-23-20-17-14-11-8-5-2/h17,20,26,28,32,36,41,43,59,62,67-70,72-74,76,78-80,82-83H,4-16,18-19,21-25,27,29-31,33-35,37-40,42,44-58,60-61,63-66H2,1-3H3,(H,77,84)/b20-17-,28-26-,36-32-,43-41-,62-59+. The van der Waals surface area contributed by atoms with E-state index in [0.29, 0.717) is 19.3 Å². The largest absolute Gasteiger partial charge is 0.454 e. The van der Waals surface area contributed by atoms with Crippen LogP contribution in [-0.2, 0) is 23.8 Å². The van der Waals surface area contributed by atoms with Gasteiger partial charge in [-0.3, -0.25) is 9.59 Å². The van der Waals surface area contributed by atoms with E-state index < -0.39 is 67.4 Å². The fourth-order valence-electron chi connectivity index (χ4n) is 11.6. The number of hydrogen-bond donors (Lipinski definition) is 6. The van der Waals surface area contributed by atoms with E-state index in [9.17, 15) is 35.1 Å². The van der Waals surface area contributed by atoms with Gasteiger partial charge >= 0.3 is 5.97 Å². The molecule has 0 aromatic rings. The SMILES string of the molecule is CCCCC/C=C\C/C=C\C/C=C\C/C=C\CCCCCCCC(=O)OC1C(OCC(NC(=O)C(O)CCCCCCCCCCCCCCCCCCCCCCCCCC)C(O)/C=C/CCCCCCCCCCCCC)OC(CO)C(O)C1O. The normalized spacial score (nSPS) is 18.6. The van der Waals surface area contributed by atoms with Crippen molar-refractivity contribution in [3.8, 4) is 0 Å². The minimum absolute atomic E-state index is 0.103. The maximum atomic E-state index is 13.5. The van der Waals surface area contributed by atoms with Crippen molar-refractivity contribution in [3.63, 3.8) is 0 Å². The summed E-state index contributed by atoms with van der Waals surface area (Å²) in [5, 5.41) is 57.3. The van der Waals surface area contributed by atoms with Crippen LogP contribution in [0.3, 0.4) is 0 Å². The lowest BCUT2D eigenvalue weighted by molar-refractivity contribution is -0.305. The molecule has 0 bridgehead atoms. The average molecular weight is 1230 g/mol. The molecule has 8 atom stereocenters. The number of unbranched alkanes of at least 4 members (excludes halogenated alkanes) is 42. The zero-order valence-electron chi connectivity index (χ0n) is 56.6. The first kappa shape index (κ1) is 82.4. The van der Waals surface area contributed by atoms with Crippen LogP contribution in [0, 0.1) is 0 Å². The van der Waals surface area contributed by atoms with Gasteiger partial charge in [-0.1, -0.05) is 332 Å². The molecular formula is C76H139NO10. The summed E-state index contributed by atoms with van der Waals surface area (Å²) in [6, 6.07) is -1.03. The van der Waals surface area contributed by atoms with Crippen molar-refractivity contribution in [1.82, 2.24) is 5.32 Å². The smallest absolute Gasteiger partial charge is 0.306 e. The third-order valence-corrected chi connectivity index (χ3v) is 17.4. The molecule has 8 unspecified atom stereocenters. The van der Waals surface area contributed by atoms with Crippen LogP contribution in [0.5, 0.6) is 0 Å². The number of ether oxygens (including phenoxy) is 3. The maximum Gasteiger partial charge on any atom is 0.306 e. The van der Waals surface area contributed by atoms with Crippen LogP contribution in [0.1, 0.15) is 348 Å². The molecule has 1 rings (SSSR count). The summed E-state index contributed by atoms with van der Waals surface area (Å²) in [4.78, 5) is 26.7. The van der Waals surface area contributed by atoms with Gasteiger partial charge in [0.05, 0.1) is 25.4 Å². The summed E-state index contributed by atoms with van der Waals surface area (Å²) in [6.07, 6.45) is 71.2. The van der Waals surface area contributed by atoms with E-state index >= 15 is 0 Å². The van der Waals surface area contributed by atoms with Crippen LogP contribution in [0.4, 0.5) is 0 Å². The lowest BCUT2D eigenvalue weighted by Gasteiger charge is -2.41. The lowest BCUT2D eigenvalue weighted by Crippen LogP contribution is -2.61. The zero-order valence-corrected chi connectivity index (χ0v) is 56.6. The molecule has 1 saturated heterocycles.